The number of hydrogen-bond donors (Lipinski definition) is 1. The van der Waals surface area contributed by atoms with Gasteiger partial charge in [-0.05, 0) is 51.3 Å². The molecule has 28 heavy (non-hydrogen) atoms. The van der Waals surface area contributed by atoms with Gasteiger partial charge in [-0.15, -0.1) is 24.0 Å². The standard InChI is InChI=1S/C21H33FN4O.HI/c1-4-23-20(26-11-9-21(15-26)10-12-27-16-21)24-14-17-7-8-19(18(22)13-17)25(5-2)6-3;/h7-8,13H,4-6,9-12,14-16H2,1-3H3,(H,23,24);1H. The average molecular weight is 504 g/mol. The second-order valence-electron chi connectivity index (χ2n) is 7.60. The molecule has 2 aliphatic rings. The molecular weight excluding hydrogens is 470 g/mol. The molecule has 0 radical (unpaired) electrons. The van der Waals surface area contributed by atoms with E-state index in [1.807, 2.05) is 30.9 Å². The van der Waals surface area contributed by atoms with Crippen LogP contribution in [0.4, 0.5) is 10.1 Å². The molecule has 5 nitrogen and oxygen atoms in total. The number of rotatable bonds is 6. The fourth-order valence-electron chi connectivity index (χ4n) is 4.15. The van der Waals surface area contributed by atoms with Crippen molar-refractivity contribution in [2.45, 2.75) is 40.2 Å². The monoisotopic (exact) mass is 504 g/mol. The summed E-state index contributed by atoms with van der Waals surface area (Å²) in [6.07, 6.45) is 2.30. The third kappa shape index (κ3) is 5.28. The Kier molecular flexibility index (Phi) is 8.80. The predicted molar refractivity (Wildman–Crippen MR) is 124 cm³/mol. The van der Waals surface area contributed by atoms with Gasteiger partial charge in [0.15, 0.2) is 5.96 Å². The van der Waals surface area contributed by atoms with Crippen molar-refractivity contribution in [1.82, 2.24) is 10.2 Å². The van der Waals surface area contributed by atoms with Gasteiger partial charge in [-0.1, -0.05) is 6.07 Å². The van der Waals surface area contributed by atoms with Crippen LogP contribution >= 0.6 is 24.0 Å². The van der Waals surface area contributed by atoms with Crippen LogP contribution in [0.15, 0.2) is 23.2 Å². The fraction of sp³-hybridized carbons (Fsp3) is 0.667. The van der Waals surface area contributed by atoms with Crippen LogP contribution in [0.1, 0.15) is 39.2 Å². The van der Waals surface area contributed by atoms with Crippen molar-refractivity contribution in [2.24, 2.45) is 10.4 Å². The average Bonchev–Trinajstić information content (AvgIpc) is 3.31. The number of aliphatic imine (C=N–C) groups is 1. The highest BCUT2D eigenvalue weighted by atomic mass is 127. The van der Waals surface area contributed by atoms with Gasteiger partial charge in [0.25, 0.3) is 0 Å². The van der Waals surface area contributed by atoms with E-state index < -0.39 is 0 Å². The SMILES string of the molecule is CCNC(=NCc1ccc(N(CC)CC)c(F)c1)N1CCC2(CCOC2)C1.I. The van der Waals surface area contributed by atoms with Crippen molar-refractivity contribution in [3.63, 3.8) is 0 Å². The molecule has 1 spiro atoms. The first-order valence-corrected chi connectivity index (χ1v) is 10.2. The Morgan fingerprint density at radius 3 is 2.68 bits per heavy atom. The number of anilines is 1. The molecule has 2 fully saturated rings. The van der Waals surface area contributed by atoms with Crippen LogP contribution in [0, 0.1) is 11.2 Å². The molecule has 1 unspecified atom stereocenters. The first kappa shape index (κ1) is 23.2. The van der Waals surface area contributed by atoms with E-state index in [9.17, 15) is 4.39 Å². The number of likely N-dealkylation sites (tertiary alicyclic amines) is 1. The Bertz CT molecular complexity index is 660. The van der Waals surface area contributed by atoms with Gasteiger partial charge in [-0.25, -0.2) is 9.38 Å². The third-order valence-corrected chi connectivity index (χ3v) is 5.79. The fourth-order valence-corrected chi connectivity index (χ4v) is 4.15. The molecule has 2 heterocycles. The number of ether oxygens (including phenoxy) is 1. The Labute approximate surface area is 185 Å². The quantitative estimate of drug-likeness (QED) is 0.363. The van der Waals surface area contributed by atoms with Crippen LogP contribution in [0.2, 0.25) is 0 Å². The molecule has 0 aromatic heterocycles. The molecular formula is C21H34FIN4O. The van der Waals surface area contributed by atoms with E-state index in [1.165, 1.54) is 0 Å². The van der Waals surface area contributed by atoms with E-state index in [0.717, 1.165) is 70.3 Å². The Balaban J connectivity index is 0.00000280. The highest BCUT2D eigenvalue weighted by Crippen LogP contribution is 2.38. The lowest BCUT2D eigenvalue weighted by molar-refractivity contribution is 0.156. The number of nitrogens with one attached hydrogen (secondary N) is 1. The third-order valence-electron chi connectivity index (χ3n) is 5.79. The molecule has 2 aliphatic heterocycles. The molecule has 7 heteroatoms. The van der Waals surface area contributed by atoms with Crippen LogP contribution in [0.3, 0.4) is 0 Å². The summed E-state index contributed by atoms with van der Waals surface area (Å²) in [5.41, 5.74) is 1.87. The zero-order chi connectivity index (χ0) is 19.3. The number of nitrogens with zero attached hydrogens (tertiary/aromatic N) is 3. The van der Waals surface area contributed by atoms with Crippen LogP contribution in [-0.2, 0) is 11.3 Å². The highest BCUT2D eigenvalue weighted by molar-refractivity contribution is 14.0. The zero-order valence-corrected chi connectivity index (χ0v) is 19.7. The van der Waals surface area contributed by atoms with Crippen LogP contribution in [0.25, 0.3) is 0 Å². The van der Waals surface area contributed by atoms with Gasteiger partial charge >= 0.3 is 0 Å². The van der Waals surface area contributed by atoms with Gasteiger partial charge in [-0.2, -0.15) is 0 Å². The van der Waals surface area contributed by atoms with Gasteiger partial charge < -0.3 is 19.9 Å². The first-order chi connectivity index (χ1) is 13.1. The molecule has 1 N–H and O–H groups in total. The minimum atomic E-state index is -0.167. The summed E-state index contributed by atoms with van der Waals surface area (Å²) in [5, 5.41) is 3.40. The number of benzene rings is 1. The molecule has 1 atom stereocenters. The maximum Gasteiger partial charge on any atom is 0.194 e. The summed E-state index contributed by atoms with van der Waals surface area (Å²) in [4.78, 5) is 9.15. The lowest BCUT2D eigenvalue weighted by Gasteiger charge is -2.25. The van der Waals surface area contributed by atoms with Crippen LogP contribution in [0.5, 0.6) is 0 Å². The minimum Gasteiger partial charge on any atom is -0.381 e. The zero-order valence-electron chi connectivity index (χ0n) is 17.3. The van der Waals surface area contributed by atoms with Crippen LogP contribution < -0.4 is 10.2 Å². The number of hydrogen-bond acceptors (Lipinski definition) is 3. The lowest BCUT2D eigenvalue weighted by atomic mass is 9.87. The summed E-state index contributed by atoms with van der Waals surface area (Å²) in [5.74, 6) is 0.758. The Hall–Kier alpha value is -1.09. The molecule has 0 amide bonds. The summed E-state index contributed by atoms with van der Waals surface area (Å²) in [6, 6.07) is 5.48. The first-order valence-electron chi connectivity index (χ1n) is 10.2. The van der Waals surface area contributed by atoms with Gasteiger partial charge in [0, 0.05) is 44.7 Å². The summed E-state index contributed by atoms with van der Waals surface area (Å²) in [7, 11) is 0. The van der Waals surface area contributed by atoms with E-state index in [2.05, 4.69) is 17.1 Å². The smallest absolute Gasteiger partial charge is 0.194 e. The van der Waals surface area contributed by atoms with E-state index in [0.29, 0.717) is 17.6 Å². The van der Waals surface area contributed by atoms with E-state index in [-0.39, 0.29) is 29.8 Å². The predicted octanol–water partition coefficient (Wildman–Crippen LogP) is 3.87. The van der Waals surface area contributed by atoms with Crippen molar-refractivity contribution >= 4 is 35.6 Å². The van der Waals surface area contributed by atoms with E-state index in [4.69, 9.17) is 9.73 Å². The lowest BCUT2D eigenvalue weighted by Crippen LogP contribution is -2.41. The second kappa shape index (κ2) is 10.6. The van der Waals surface area contributed by atoms with Gasteiger partial charge in [0.2, 0.25) is 0 Å². The van der Waals surface area contributed by atoms with Gasteiger partial charge in [0.1, 0.15) is 5.82 Å². The molecule has 0 bridgehead atoms. The van der Waals surface area contributed by atoms with Gasteiger partial charge in [-0.3, -0.25) is 0 Å². The maximum absolute atomic E-state index is 14.5. The van der Waals surface area contributed by atoms with Gasteiger partial charge in [0.05, 0.1) is 18.8 Å². The largest absolute Gasteiger partial charge is 0.381 e. The van der Waals surface area contributed by atoms with Crippen molar-refractivity contribution in [1.29, 1.82) is 0 Å². The van der Waals surface area contributed by atoms with E-state index >= 15 is 0 Å². The number of halogens is 2. The molecule has 1 aromatic rings. The Morgan fingerprint density at radius 1 is 1.29 bits per heavy atom. The van der Waals surface area contributed by atoms with Crippen LogP contribution in [-0.4, -0.2) is 56.8 Å². The highest BCUT2D eigenvalue weighted by Gasteiger charge is 2.42. The van der Waals surface area contributed by atoms with Crippen molar-refractivity contribution in [2.75, 3.05) is 50.8 Å². The molecule has 0 aliphatic carbocycles. The summed E-state index contributed by atoms with van der Waals surface area (Å²) in [6.45, 7) is 12.8. The van der Waals surface area contributed by atoms with Crippen molar-refractivity contribution in [3.8, 4) is 0 Å². The minimum absolute atomic E-state index is 0. The van der Waals surface area contributed by atoms with E-state index in [1.54, 1.807) is 6.07 Å². The molecule has 1 aromatic carbocycles. The molecule has 3 rings (SSSR count). The normalized spacial score (nSPS) is 21.9. The summed E-state index contributed by atoms with van der Waals surface area (Å²) < 4.78 is 20.1. The maximum atomic E-state index is 14.5. The molecule has 2 saturated heterocycles. The molecule has 158 valence electrons. The number of guanidine groups is 1. The summed E-state index contributed by atoms with van der Waals surface area (Å²) >= 11 is 0. The van der Waals surface area contributed by atoms with Crippen molar-refractivity contribution in [3.05, 3.63) is 29.6 Å². The topological polar surface area (TPSA) is 40.1 Å². The molecule has 0 saturated carbocycles. The Morgan fingerprint density at radius 2 is 2.07 bits per heavy atom. The second-order valence-corrected chi connectivity index (χ2v) is 7.60. The van der Waals surface area contributed by atoms with Crippen molar-refractivity contribution < 1.29 is 9.13 Å².